The summed E-state index contributed by atoms with van der Waals surface area (Å²) in [6, 6.07) is 20.1. The average molecular weight is 482 g/mol. The highest BCUT2D eigenvalue weighted by Gasteiger charge is 2.47. The summed E-state index contributed by atoms with van der Waals surface area (Å²) in [4.78, 5) is 42.6. The number of aromatic nitrogens is 1. The van der Waals surface area contributed by atoms with Crippen LogP contribution in [0.25, 0.3) is 16.7 Å². The predicted octanol–water partition coefficient (Wildman–Crippen LogP) is 4.76. The van der Waals surface area contributed by atoms with Crippen molar-refractivity contribution >= 4 is 45.6 Å². The van der Waals surface area contributed by atoms with E-state index in [0.29, 0.717) is 28.3 Å². The molecule has 1 fully saturated rings. The van der Waals surface area contributed by atoms with E-state index in [0.717, 1.165) is 10.9 Å². The number of nitrogens with zero attached hydrogens (tertiary/aromatic N) is 1. The Morgan fingerprint density at radius 1 is 1.03 bits per heavy atom. The van der Waals surface area contributed by atoms with Crippen LogP contribution < -0.4 is 15.0 Å². The topological polar surface area (TPSA) is 112 Å². The largest absolute Gasteiger partial charge is 0.507 e. The number of hydrogen-bond acceptors (Lipinski definition) is 5. The van der Waals surface area contributed by atoms with Crippen molar-refractivity contribution in [2.75, 3.05) is 17.3 Å². The Labute approximate surface area is 206 Å². The number of benzene rings is 3. The van der Waals surface area contributed by atoms with Gasteiger partial charge in [-0.25, -0.2) is 0 Å². The van der Waals surface area contributed by atoms with E-state index in [9.17, 15) is 19.5 Å². The lowest BCUT2D eigenvalue weighted by atomic mass is 9.95. The third-order valence-corrected chi connectivity index (χ3v) is 6.16. The second-order valence-corrected chi connectivity index (χ2v) is 8.42. The van der Waals surface area contributed by atoms with Gasteiger partial charge in [0.15, 0.2) is 0 Å². The van der Waals surface area contributed by atoms with Crippen molar-refractivity contribution in [1.29, 1.82) is 0 Å². The molecular formula is C28H23N3O5. The smallest absolute Gasteiger partial charge is 0.300 e. The van der Waals surface area contributed by atoms with E-state index in [1.54, 1.807) is 54.7 Å². The van der Waals surface area contributed by atoms with E-state index < -0.39 is 17.7 Å². The lowest BCUT2D eigenvalue weighted by molar-refractivity contribution is -0.132. The number of Topliss-reactive ketones (excluding diaryl/α,β-unsaturated/α-hetero) is 1. The summed E-state index contributed by atoms with van der Waals surface area (Å²) in [6.45, 7) is 1.40. The molecule has 180 valence electrons. The number of aromatic amines is 1. The first-order chi connectivity index (χ1) is 17.4. The summed E-state index contributed by atoms with van der Waals surface area (Å²) in [5, 5.41) is 14.9. The van der Waals surface area contributed by atoms with Gasteiger partial charge in [0.05, 0.1) is 18.7 Å². The molecule has 1 aromatic heterocycles. The van der Waals surface area contributed by atoms with Crippen molar-refractivity contribution < 1.29 is 24.2 Å². The van der Waals surface area contributed by atoms with Crippen LogP contribution in [0.2, 0.25) is 0 Å². The maximum Gasteiger partial charge on any atom is 0.300 e. The van der Waals surface area contributed by atoms with E-state index in [1.165, 1.54) is 18.9 Å². The normalized spacial score (nSPS) is 16.9. The summed E-state index contributed by atoms with van der Waals surface area (Å²) in [7, 11) is 1.53. The Morgan fingerprint density at radius 2 is 1.78 bits per heavy atom. The molecule has 0 radical (unpaired) electrons. The van der Waals surface area contributed by atoms with Gasteiger partial charge in [-0.15, -0.1) is 0 Å². The summed E-state index contributed by atoms with van der Waals surface area (Å²) in [6.07, 6.45) is 1.62. The second-order valence-electron chi connectivity index (χ2n) is 8.42. The molecule has 1 aliphatic rings. The fourth-order valence-electron chi connectivity index (χ4n) is 4.55. The number of anilines is 2. The zero-order chi connectivity index (χ0) is 25.4. The molecule has 3 N–H and O–H groups in total. The standard InChI is InChI=1S/C28H23N3O5/c1-16(32)30-18-10-12-19(13-11-18)31-25(17-6-5-7-20(14-17)36-2)24(27(34)28(31)35)26(33)22-15-29-23-9-4-3-8-21(22)23/h3-15,25,29,33H,1-2H3,(H,30,32)/b26-24-. The van der Waals surface area contributed by atoms with E-state index >= 15 is 0 Å². The van der Waals surface area contributed by atoms with Crippen LogP contribution in [0, 0.1) is 0 Å². The Balaban J connectivity index is 1.70. The highest BCUT2D eigenvalue weighted by molar-refractivity contribution is 6.51. The van der Waals surface area contributed by atoms with Gasteiger partial charge in [0, 0.05) is 41.0 Å². The van der Waals surface area contributed by atoms with Crippen molar-refractivity contribution in [3.8, 4) is 5.75 Å². The Kier molecular flexibility index (Phi) is 5.77. The van der Waals surface area contributed by atoms with Gasteiger partial charge in [-0.1, -0.05) is 30.3 Å². The molecule has 36 heavy (non-hydrogen) atoms. The van der Waals surface area contributed by atoms with Gasteiger partial charge >= 0.3 is 0 Å². The molecule has 2 heterocycles. The molecule has 5 rings (SSSR count). The number of ketones is 1. The summed E-state index contributed by atoms with van der Waals surface area (Å²) >= 11 is 0. The number of ether oxygens (including phenoxy) is 1. The molecule has 0 aliphatic carbocycles. The van der Waals surface area contributed by atoms with Crippen molar-refractivity contribution in [1.82, 2.24) is 4.98 Å². The fraction of sp³-hybridized carbons (Fsp3) is 0.107. The first-order valence-corrected chi connectivity index (χ1v) is 11.3. The second kappa shape index (κ2) is 9.07. The lowest BCUT2D eigenvalue weighted by Gasteiger charge is -2.26. The Hall–Kier alpha value is -4.85. The monoisotopic (exact) mass is 481 g/mol. The van der Waals surface area contributed by atoms with E-state index in [1.807, 2.05) is 24.3 Å². The molecule has 8 heteroatoms. The van der Waals surface area contributed by atoms with Gasteiger partial charge < -0.3 is 20.1 Å². The number of carbonyl (C=O) groups excluding carboxylic acids is 3. The van der Waals surface area contributed by atoms with Crippen LogP contribution in [0.3, 0.4) is 0 Å². The van der Waals surface area contributed by atoms with Gasteiger partial charge in [0.25, 0.3) is 11.7 Å². The van der Waals surface area contributed by atoms with Gasteiger partial charge in [0.1, 0.15) is 11.5 Å². The number of H-pyrrole nitrogens is 1. The Bertz CT molecular complexity index is 1530. The molecule has 1 saturated heterocycles. The maximum absolute atomic E-state index is 13.4. The molecule has 1 unspecified atom stereocenters. The average Bonchev–Trinajstić information content (AvgIpc) is 3.43. The fourth-order valence-corrected chi connectivity index (χ4v) is 4.55. The highest BCUT2D eigenvalue weighted by Crippen LogP contribution is 2.43. The number of nitrogens with one attached hydrogen (secondary N) is 2. The van der Waals surface area contributed by atoms with Crippen molar-refractivity contribution in [2.45, 2.75) is 13.0 Å². The molecule has 8 nitrogen and oxygen atoms in total. The van der Waals surface area contributed by atoms with E-state index in [4.69, 9.17) is 4.74 Å². The minimum atomic E-state index is -0.902. The van der Waals surface area contributed by atoms with Gasteiger partial charge in [-0.3, -0.25) is 19.3 Å². The van der Waals surface area contributed by atoms with Gasteiger partial charge in [0.2, 0.25) is 5.91 Å². The molecule has 0 saturated carbocycles. The Morgan fingerprint density at radius 3 is 2.50 bits per heavy atom. The summed E-state index contributed by atoms with van der Waals surface area (Å²) in [5.74, 6) is -1.51. The molecule has 1 atom stereocenters. The lowest BCUT2D eigenvalue weighted by Crippen LogP contribution is -2.29. The minimum absolute atomic E-state index is 0.0241. The van der Waals surface area contributed by atoms with Gasteiger partial charge in [-0.2, -0.15) is 0 Å². The van der Waals surface area contributed by atoms with E-state index in [-0.39, 0.29) is 17.2 Å². The van der Waals surface area contributed by atoms with Crippen molar-refractivity contribution in [3.05, 3.63) is 95.7 Å². The number of carbonyl (C=O) groups is 3. The quantitative estimate of drug-likeness (QED) is 0.216. The number of amides is 2. The predicted molar refractivity (Wildman–Crippen MR) is 137 cm³/mol. The number of hydrogen-bond donors (Lipinski definition) is 3. The van der Waals surface area contributed by atoms with Crippen LogP contribution in [0.1, 0.15) is 24.1 Å². The number of rotatable bonds is 5. The number of methoxy groups -OCH3 is 1. The van der Waals surface area contributed by atoms with Crippen LogP contribution in [0.4, 0.5) is 11.4 Å². The van der Waals surface area contributed by atoms with Gasteiger partial charge in [-0.05, 0) is 48.0 Å². The maximum atomic E-state index is 13.4. The molecule has 0 bridgehead atoms. The zero-order valence-electron chi connectivity index (χ0n) is 19.6. The first-order valence-electron chi connectivity index (χ1n) is 11.3. The molecule has 1 aliphatic heterocycles. The van der Waals surface area contributed by atoms with Crippen molar-refractivity contribution in [2.24, 2.45) is 0 Å². The molecule has 4 aromatic rings. The van der Waals surface area contributed by atoms with E-state index in [2.05, 4.69) is 10.3 Å². The van der Waals surface area contributed by atoms with Crippen LogP contribution in [0.5, 0.6) is 5.75 Å². The van der Waals surface area contributed by atoms with Crippen LogP contribution in [-0.2, 0) is 14.4 Å². The SMILES string of the molecule is COc1cccc(C2/C(=C(/O)c3c[nH]c4ccccc34)C(=O)C(=O)N2c2ccc(NC(C)=O)cc2)c1. The van der Waals surface area contributed by atoms with Crippen LogP contribution >= 0.6 is 0 Å². The minimum Gasteiger partial charge on any atom is -0.507 e. The number of para-hydroxylation sites is 1. The first kappa shape index (κ1) is 22.9. The molecule has 3 aromatic carbocycles. The number of aliphatic hydroxyl groups excluding tert-OH is 1. The van der Waals surface area contributed by atoms with Crippen LogP contribution in [0.15, 0.2) is 84.6 Å². The molecule has 0 spiro atoms. The third-order valence-electron chi connectivity index (χ3n) is 6.16. The van der Waals surface area contributed by atoms with Crippen molar-refractivity contribution in [3.63, 3.8) is 0 Å². The summed E-state index contributed by atoms with van der Waals surface area (Å²) in [5.41, 5.74) is 2.79. The number of fused-ring (bicyclic) bond motifs is 1. The molecular weight excluding hydrogens is 458 g/mol. The summed E-state index contributed by atoms with van der Waals surface area (Å²) < 4.78 is 5.38. The van der Waals surface area contributed by atoms with Crippen LogP contribution in [-0.4, -0.2) is 34.8 Å². The number of aliphatic hydroxyl groups is 1. The third kappa shape index (κ3) is 3.88. The highest BCUT2D eigenvalue weighted by atomic mass is 16.5. The zero-order valence-corrected chi connectivity index (χ0v) is 19.6. The molecule has 2 amide bonds.